The monoisotopic (exact) mass is 795 g/mol. The molecule has 0 radical (unpaired) electrons. The number of anilines is 3. The highest BCUT2D eigenvalue weighted by atomic mass is 32.1. The van der Waals surface area contributed by atoms with Crippen molar-refractivity contribution in [2.45, 2.75) is 5.41 Å². The van der Waals surface area contributed by atoms with Crippen LogP contribution in [-0.4, -0.2) is 0 Å². The molecule has 61 heavy (non-hydrogen) atoms. The SMILES string of the molecule is c1ccc(-c2ccc(N(c3ccc(-c4ccccc4)cc3)c3ccc(-c4sc(-c5ccccc5)c5c4C(c4ccccc4)(c4ccccc4)c4ccccc4-5)cc3)cc2)cc1. The summed E-state index contributed by atoms with van der Waals surface area (Å²) in [4.78, 5) is 4.96. The lowest BCUT2D eigenvalue weighted by Crippen LogP contribution is -2.28. The van der Waals surface area contributed by atoms with Crippen LogP contribution in [0, 0.1) is 0 Å². The zero-order valence-electron chi connectivity index (χ0n) is 33.5. The predicted octanol–water partition coefficient (Wildman–Crippen LogP) is 16.2. The zero-order chi connectivity index (χ0) is 40.6. The van der Waals surface area contributed by atoms with Gasteiger partial charge in [0.25, 0.3) is 0 Å². The molecule has 288 valence electrons. The van der Waals surface area contributed by atoms with Crippen molar-refractivity contribution in [1.82, 2.24) is 0 Å². The Morgan fingerprint density at radius 1 is 0.295 bits per heavy atom. The molecular weight excluding hydrogens is 755 g/mol. The van der Waals surface area contributed by atoms with Crippen molar-refractivity contribution in [3.8, 4) is 54.3 Å². The molecule has 11 rings (SSSR count). The Morgan fingerprint density at radius 3 is 1.10 bits per heavy atom. The van der Waals surface area contributed by atoms with Gasteiger partial charge in [-0.3, -0.25) is 0 Å². The minimum atomic E-state index is -0.515. The molecule has 1 aliphatic carbocycles. The summed E-state index contributed by atoms with van der Waals surface area (Å²) >= 11 is 1.92. The van der Waals surface area contributed by atoms with Gasteiger partial charge in [-0.15, -0.1) is 11.3 Å². The van der Waals surface area contributed by atoms with Crippen LogP contribution >= 0.6 is 11.3 Å². The number of benzene rings is 9. The van der Waals surface area contributed by atoms with Gasteiger partial charge >= 0.3 is 0 Å². The lowest BCUT2D eigenvalue weighted by molar-refractivity contribution is 0.773. The minimum absolute atomic E-state index is 0.515. The quantitative estimate of drug-likeness (QED) is 0.141. The fourth-order valence-electron chi connectivity index (χ4n) is 9.42. The Kier molecular flexibility index (Phi) is 9.34. The Morgan fingerprint density at radius 2 is 0.639 bits per heavy atom. The molecule has 1 aromatic heterocycles. The van der Waals surface area contributed by atoms with Gasteiger partial charge in [-0.1, -0.05) is 212 Å². The third-order valence-corrected chi connectivity index (χ3v) is 13.5. The van der Waals surface area contributed by atoms with Gasteiger partial charge in [0.05, 0.1) is 5.41 Å². The molecule has 0 aliphatic heterocycles. The van der Waals surface area contributed by atoms with Crippen LogP contribution in [0.2, 0.25) is 0 Å². The summed E-state index contributed by atoms with van der Waals surface area (Å²) in [7, 11) is 0. The van der Waals surface area contributed by atoms with E-state index in [4.69, 9.17) is 0 Å². The number of thiophene rings is 1. The van der Waals surface area contributed by atoms with E-state index in [2.05, 4.69) is 254 Å². The predicted molar refractivity (Wildman–Crippen MR) is 258 cm³/mol. The van der Waals surface area contributed by atoms with E-state index < -0.39 is 5.41 Å². The first-order valence-electron chi connectivity index (χ1n) is 20.9. The van der Waals surface area contributed by atoms with Gasteiger partial charge in [0, 0.05) is 32.4 Å². The summed E-state index contributed by atoms with van der Waals surface area (Å²) in [5.74, 6) is 0. The number of hydrogen-bond donors (Lipinski definition) is 0. The van der Waals surface area contributed by atoms with Crippen LogP contribution in [0.5, 0.6) is 0 Å². The summed E-state index contributed by atoms with van der Waals surface area (Å²) < 4.78 is 0. The van der Waals surface area contributed by atoms with Gasteiger partial charge in [0.1, 0.15) is 0 Å². The summed E-state index contributed by atoms with van der Waals surface area (Å²) in [6, 6.07) is 90.7. The fraction of sp³-hybridized carbons (Fsp3) is 0.0169. The molecule has 0 saturated heterocycles. The third-order valence-electron chi connectivity index (χ3n) is 12.2. The molecule has 10 aromatic rings. The highest BCUT2D eigenvalue weighted by Crippen LogP contribution is 2.64. The molecule has 1 heterocycles. The van der Waals surface area contributed by atoms with Gasteiger partial charge in [0.2, 0.25) is 0 Å². The molecule has 0 spiro atoms. The normalized spacial score (nSPS) is 12.4. The second-order valence-electron chi connectivity index (χ2n) is 15.6. The maximum Gasteiger partial charge on any atom is 0.0728 e. The largest absolute Gasteiger partial charge is 0.311 e. The topological polar surface area (TPSA) is 3.24 Å². The van der Waals surface area contributed by atoms with Crippen LogP contribution in [0.3, 0.4) is 0 Å². The van der Waals surface area contributed by atoms with Crippen LogP contribution < -0.4 is 4.90 Å². The van der Waals surface area contributed by atoms with Crippen LogP contribution in [0.1, 0.15) is 22.3 Å². The molecule has 0 bridgehead atoms. The van der Waals surface area contributed by atoms with Crippen molar-refractivity contribution >= 4 is 28.4 Å². The summed E-state index contributed by atoms with van der Waals surface area (Å²) in [6.45, 7) is 0. The smallest absolute Gasteiger partial charge is 0.0728 e. The second-order valence-corrected chi connectivity index (χ2v) is 16.6. The van der Waals surface area contributed by atoms with Gasteiger partial charge < -0.3 is 4.90 Å². The van der Waals surface area contributed by atoms with Gasteiger partial charge in [-0.2, -0.15) is 0 Å². The Labute approximate surface area is 362 Å². The van der Waals surface area contributed by atoms with Crippen LogP contribution in [0.15, 0.2) is 249 Å². The summed E-state index contributed by atoms with van der Waals surface area (Å²) in [5, 5.41) is 0. The number of rotatable bonds is 9. The molecule has 0 atom stereocenters. The van der Waals surface area contributed by atoms with Crippen molar-refractivity contribution in [2.24, 2.45) is 0 Å². The molecule has 1 aliphatic rings. The first-order chi connectivity index (χ1) is 30.3. The Balaban J connectivity index is 1.09. The van der Waals surface area contributed by atoms with Crippen LogP contribution in [-0.2, 0) is 5.41 Å². The van der Waals surface area contributed by atoms with E-state index in [9.17, 15) is 0 Å². The summed E-state index contributed by atoms with van der Waals surface area (Å²) in [5.41, 5.74) is 17.9. The molecule has 2 heteroatoms. The van der Waals surface area contributed by atoms with Crippen molar-refractivity contribution in [2.75, 3.05) is 4.90 Å². The lowest BCUT2D eigenvalue weighted by Gasteiger charge is -2.34. The van der Waals surface area contributed by atoms with Crippen molar-refractivity contribution in [3.05, 3.63) is 271 Å². The van der Waals surface area contributed by atoms with E-state index in [0.717, 1.165) is 17.1 Å². The Bertz CT molecular complexity index is 2940. The zero-order valence-corrected chi connectivity index (χ0v) is 34.3. The molecular formula is C59H41NS. The third kappa shape index (κ3) is 6.32. The number of hydrogen-bond acceptors (Lipinski definition) is 2. The van der Waals surface area contributed by atoms with E-state index in [1.54, 1.807) is 0 Å². The average Bonchev–Trinajstić information content (AvgIpc) is 3.89. The second kappa shape index (κ2) is 15.6. The standard InChI is InChI=1S/C59H41NS/c1-6-18-42(19-7-1)44-30-36-50(37-31-44)60(51-38-32-45(33-39-51)43-20-8-2-9-21-43)52-40-34-47(35-41-52)58-56-55(57(61-58)46-22-10-3-11-23-46)53-28-16-17-29-54(53)59(56,48-24-12-4-13-25-48)49-26-14-5-15-27-49/h1-41H. The molecule has 0 fully saturated rings. The first kappa shape index (κ1) is 36.6. The number of nitrogens with zero attached hydrogens (tertiary/aromatic N) is 1. The van der Waals surface area contributed by atoms with Crippen molar-refractivity contribution in [3.63, 3.8) is 0 Å². The molecule has 0 unspecified atom stereocenters. The van der Waals surface area contributed by atoms with Crippen molar-refractivity contribution < 1.29 is 0 Å². The maximum absolute atomic E-state index is 2.37. The van der Waals surface area contributed by atoms with Crippen LogP contribution in [0.4, 0.5) is 17.1 Å². The van der Waals surface area contributed by atoms with E-state index in [1.165, 1.54) is 76.5 Å². The molecule has 0 saturated carbocycles. The van der Waals surface area contributed by atoms with Crippen molar-refractivity contribution in [1.29, 1.82) is 0 Å². The molecule has 9 aromatic carbocycles. The number of fused-ring (bicyclic) bond motifs is 3. The van der Waals surface area contributed by atoms with Gasteiger partial charge in [-0.25, -0.2) is 0 Å². The van der Waals surface area contributed by atoms with E-state index >= 15 is 0 Å². The maximum atomic E-state index is 2.37. The average molecular weight is 796 g/mol. The highest BCUT2D eigenvalue weighted by molar-refractivity contribution is 7.19. The first-order valence-corrected chi connectivity index (χ1v) is 21.7. The fourth-order valence-corrected chi connectivity index (χ4v) is 10.8. The van der Waals surface area contributed by atoms with E-state index in [0.29, 0.717) is 0 Å². The van der Waals surface area contributed by atoms with Gasteiger partial charge in [-0.05, 0) is 97.6 Å². The van der Waals surface area contributed by atoms with Crippen LogP contribution in [0.25, 0.3) is 54.3 Å². The highest BCUT2D eigenvalue weighted by Gasteiger charge is 2.49. The summed E-state index contributed by atoms with van der Waals surface area (Å²) in [6.07, 6.45) is 0. The van der Waals surface area contributed by atoms with E-state index in [1.807, 2.05) is 11.3 Å². The van der Waals surface area contributed by atoms with Gasteiger partial charge in [0.15, 0.2) is 0 Å². The molecule has 1 nitrogen and oxygen atoms in total. The Hall–Kier alpha value is -7.52. The molecule has 0 amide bonds. The molecule has 0 N–H and O–H groups in total. The van der Waals surface area contributed by atoms with E-state index in [-0.39, 0.29) is 0 Å². The lowest BCUT2D eigenvalue weighted by atomic mass is 9.67. The minimum Gasteiger partial charge on any atom is -0.311 e.